The smallest absolute Gasteiger partial charge is 0.178 e. The Morgan fingerprint density at radius 2 is 0.968 bits per heavy atom. The lowest BCUT2D eigenvalue weighted by atomic mass is 10.2. The average Bonchev–Trinajstić information content (AvgIpc) is 2.84. The molecule has 0 aliphatic rings. The van der Waals surface area contributed by atoms with Crippen LogP contribution in [0.1, 0.15) is 12.5 Å². The summed E-state index contributed by atoms with van der Waals surface area (Å²) in [6, 6.07) is 40.9. The van der Waals surface area contributed by atoms with Crippen LogP contribution in [0.5, 0.6) is 0 Å². The van der Waals surface area contributed by atoms with Gasteiger partial charge >= 0.3 is 0 Å². The summed E-state index contributed by atoms with van der Waals surface area (Å²) in [6.45, 7) is 1.59. The van der Waals surface area contributed by atoms with Gasteiger partial charge in [-0.15, -0.1) is 0 Å². The molecule has 0 aliphatic carbocycles. The zero-order valence-electron chi connectivity index (χ0n) is 17.4. The highest BCUT2D eigenvalue weighted by atomic mass is 31.2. The summed E-state index contributed by atoms with van der Waals surface area (Å²) in [5.74, 6) is -0.0454. The first-order valence-corrected chi connectivity index (χ1v) is 12.0. The van der Waals surface area contributed by atoms with Crippen molar-refractivity contribution in [3.05, 3.63) is 133 Å². The van der Waals surface area contributed by atoms with Crippen LogP contribution >= 0.6 is 7.05 Å². The number of rotatable bonds is 6. The highest BCUT2D eigenvalue weighted by molar-refractivity contribution is 7.87. The lowest BCUT2D eigenvalue weighted by molar-refractivity contribution is -0.113. The van der Waals surface area contributed by atoms with E-state index in [1.807, 2.05) is 91.0 Å². The highest BCUT2D eigenvalue weighted by Gasteiger charge is 2.28. The van der Waals surface area contributed by atoms with Gasteiger partial charge < -0.3 is 0 Å². The maximum Gasteiger partial charge on any atom is 0.178 e. The quantitative estimate of drug-likeness (QED) is 0.286. The zero-order valence-corrected chi connectivity index (χ0v) is 18.3. The normalized spacial score (nSPS) is 11.7. The molecule has 0 aliphatic heterocycles. The van der Waals surface area contributed by atoms with E-state index in [9.17, 15) is 4.79 Å². The summed E-state index contributed by atoms with van der Waals surface area (Å²) in [4.78, 5) is 12.8. The van der Waals surface area contributed by atoms with E-state index in [0.717, 1.165) is 21.5 Å². The van der Waals surface area contributed by atoms with Crippen LogP contribution in [0, 0.1) is 0 Å². The zero-order chi connectivity index (χ0) is 21.5. The molecule has 31 heavy (non-hydrogen) atoms. The molecule has 0 spiro atoms. The maximum absolute atomic E-state index is 12.8. The number of allylic oxidation sites excluding steroid dienone is 1. The molecule has 0 fully saturated rings. The highest BCUT2D eigenvalue weighted by Crippen LogP contribution is 2.48. The van der Waals surface area contributed by atoms with Crippen LogP contribution in [-0.4, -0.2) is 5.78 Å². The molecule has 2 nitrogen and oxygen atoms in total. The van der Waals surface area contributed by atoms with Crippen LogP contribution in [0.25, 0.3) is 6.08 Å². The van der Waals surface area contributed by atoms with Crippen molar-refractivity contribution >= 4 is 34.8 Å². The Labute approximate surface area is 184 Å². The van der Waals surface area contributed by atoms with E-state index in [2.05, 4.69) is 36.4 Å². The second-order valence-corrected chi connectivity index (χ2v) is 10.3. The van der Waals surface area contributed by atoms with E-state index in [4.69, 9.17) is 4.74 Å². The van der Waals surface area contributed by atoms with Crippen molar-refractivity contribution in [2.24, 2.45) is 4.74 Å². The molecule has 0 saturated carbocycles. The minimum atomic E-state index is -2.46. The van der Waals surface area contributed by atoms with E-state index in [1.54, 1.807) is 6.92 Å². The van der Waals surface area contributed by atoms with Gasteiger partial charge in [0.2, 0.25) is 0 Å². The van der Waals surface area contributed by atoms with Gasteiger partial charge in [-0.05, 0) is 11.6 Å². The van der Waals surface area contributed by atoms with E-state index >= 15 is 0 Å². The Balaban J connectivity index is 2.11. The number of nitrogens with zero attached hydrogens (tertiary/aromatic N) is 1. The van der Waals surface area contributed by atoms with Crippen LogP contribution in [0.4, 0.5) is 0 Å². The third-order valence-electron chi connectivity index (χ3n) is 5.11. The molecule has 0 heterocycles. The fourth-order valence-electron chi connectivity index (χ4n) is 3.62. The lowest BCUT2D eigenvalue weighted by Crippen LogP contribution is -2.25. The molecule has 0 amide bonds. The summed E-state index contributed by atoms with van der Waals surface area (Å²) < 4.78 is 5.34. The Morgan fingerprint density at radius 1 is 0.613 bits per heavy atom. The van der Waals surface area contributed by atoms with E-state index in [0.29, 0.717) is 5.70 Å². The number of hydrogen-bond acceptors (Lipinski definition) is 2. The minimum Gasteiger partial charge on any atom is -0.293 e. The average molecular weight is 421 g/mol. The van der Waals surface area contributed by atoms with Gasteiger partial charge in [0.1, 0.15) is 5.70 Å². The second-order valence-electron chi connectivity index (χ2n) is 7.24. The summed E-state index contributed by atoms with van der Waals surface area (Å²) >= 11 is 0. The van der Waals surface area contributed by atoms with Crippen molar-refractivity contribution in [3.8, 4) is 0 Å². The van der Waals surface area contributed by atoms with Crippen LogP contribution in [0.3, 0.4) is 0 Å². The summed E-state index contributed by atoms with van der Waals surface area (Å²) in [5, 5.41) is 3.35. The number of ketones is 1. The summed E-state index contributed by atoms with van der Waals surface area (Å²) in [6.07, 6.45) is 1.89. The Kier molecular flexibility index (Phi) is 6.40. The molecule has 152 valence electrons. The van der Waals surface area contributed by atoms with Gasteiger partial charge in [0.25, 0.3) is 0 Å². The van der Waals surface area contributed by atoms with Gasteiger partial charge in [0, 0.05) is 22.8 Å². The van der Waals surface area contributed by atoms with Crippen LogP contribution in [-0.2, 0) is 4.79 Å². The minimum absolute atomic E-state index is 0.0454. The molecule has 4 rings (SSSR count). The standard InChI is InChI=1S/C28H24NOP/c1-23(30)28(22-24-14-6-2-7-15-24)29-31(25-16-8-3-9-17-25,26-18-10-4-11-19-26)27-20-12-5-13-21-27/h2-22H,1H3. The predicted octanol–water partition coefficient (Wildman–Crippen LogP) is 5.79. The van der Waals surface area contributed by atoms with Crippen molar-refractivity contribution in [2.75, 3.05) is 0 Å². The number of carbonyl (C=O) groups is 1. The Hall–Kier alpha value is -3.48. The Morgan fingerprint density at radius 3 is 1.32 bits per heavy atom. The third-order valence-corrected chi connectivity index (χ3v) is 8.76. The summed E-state index contributed by atoms with van der Waals surface area (Å²) in [5.41, 5.74) is 1.44. The molecule has 0 unspecified atom stereocenters. The molecule has 0 bridgehead atoms. The monoisotopic (exact) mass is 421 g/mol. The van der Waals surface area contributed by atoms with Gasteiger partial charge in [0.15, 0.2) is 5.78 Å². The molecule has 4 aromatic rings. The first-order valence-electron chi connectivity index (χ1n) is 10.3. The van der Waals surface area contributed by atoms with Gasteiger partial charge in [-0.25, -0.2) is 0 Å². The molecule has 0 radical (unpaired) electrons. The molecular weight excluding hydrogens is 397 g/mol. The molecule has 0 saturated heterocycles. The first kappa shape index (κ1) is 20.8. The van der Waals surface area contributed by atoms with Crippen molar-refractivity contribution in [2.45, 2.75) is 6.92 Å². The predicted molar refractivity (Wildman–Crippen MR) is 133 cm³/mol. The molecule has 4 aromatic carbocycles. The number of benzene rings is 4. The maximum atomic E-state index is 12.8. The lowest BCUT2D eigenvalue weighted by Gasteiger charge is -2.27. The molecule has 0 aromatic heterocycles. The topological polar surface area (TPSA) is 29.4 Å². The van der Waals surface area contributed by atoms with E-state index < -0.39 is 7.05 Å². The van der Waals surface area contributed by atoms with Gasteiger partial charge in [-0.2, -0.15) is 0 Å². The number of hydrogen-bond donors (Lipinski definition) is 0. The second kappa shape index (κ2) is 9.55. The van der Waals surface area contributed by atoms with Crippen LogP contribution in [0.15, 0.2) is 132 Å². The SMILES string of the molecule is CC(=O)C(=Cc1ccccc1)N=P(c1ccccc1)(c1ccccc1)c1ccccc1. The third kappa shape index (κ3) is 4.50. The largest absolute Gasteiger partial charge is 0.293 e. The van der Waals surface area contributed by atoms with Gasteiger partial charge in [0.05, 0.1) is 7.05 Å². The van der Waals surface area contributed by atoms with Crippen molar-refractivity contribution in [3.63, 3.8) is 0 Å². The van der Waals surface area contributed by atoms with Crippen molar-refractivity contribution in [1.82, 2.24) is 0 Å². The molecular formula is C28H24NOP. The van der Waals surface area contributed by atoms with Gasteiger partial charge in [-0.3, -0.25) is 9.54 Å². The van der Waals surface area contributed by atoms with Gasteiger partial charge in [-0.1, -0.05) is 121 Å². The fourth-order valence-corrected chi connectivity index (χ4v) is 7.19. The fraction of sp³-hybridized carbons (Fsp3) is 0.0357. The van der Waals surface area contributed by atoms with E-state index in [1.165, 1.54) is 0 Å². The first-order chi connectivity index (χ1) is 15.2. The molecule has 0 N–H and O–H groups in total. The summed E-state index contributed by atoms with van der Waals surface area (Å²) in [7, 11) is -2.46. The van der Waals surface area contributed by atoms with Crippen LogP contribution < -0.4 is 15.9 Å². The van der Waals surface area contributed by atoms with Crippen molar-refractivity contribution in [1.29, 1.82) is 0 Å². The number of carbonyl (C=O) groups excluding carboxylic acids is 1. The van der Waals surface area contributed by atoms with Crippen molar-refractivity contribution < 1.29 is 4.79 Å². The number of Topliss-reactive ketones (excluding diaryl/α,β-unsaturated/α-hetero) is 1. The molecule has 0 atom stereocenters. The molecule has 3 heteroatoms. The van der Waals surface area contributed by atoms with E-state index in [-0.39, 0.29) is 5.78 Å². The Bertz CT molecular complexity index is 1130. The van der Waals surface area contributed by atoms with Crippen LogP contribution in [0.2, 0.25) is 0 Å².